The molecule has 0 bridgehead atoms. The van der Waals surface area contributed by atoms with Crippen molar-refractivity contribution in [2.24, 2.45) is 11.8 Å². The number of anilines is 2. The zero-order valence-corrected chi connectivity index (χ0v) is 17.0. The Labute approximate surface area is 171 Å². The van der Waals surface area contributed by atoms with E-state index in [0.29, 0.717) is 11.6 Å². The highest BCUT2D eigenvalue weighted by Gasteiger charge is 2.52. The van der Waals surface area contributed by atoms with Gasteiger partial charge in [0.1, 0.15) is 11.6 Å². The maximum Gasteiger partial charge on any atom is 0.313 e. The van der Waals surface area contributed by atoms with E-state index in [1.165, 1.54) is 6.42 Å². The summed E-state index contributed by atoms with van der Waals surface area (Å²) in [6.07, 6.45) is 5.63. The Balaban J connectivity index is 1.82. The molecule has 2 aromatic carbocycles. The van der Waals surface area contributed by atoms with Gasteiger partial charge in [0, 0.05) is 5.02 Å². The van der Waals surface area contributed by atoms with Crippen LogP contribution in [0.1, 0.15) is 44.6 Å². The summed E-state index contributed by atoms with van der Waals surface area (Å²) >= 11 is 6.16. The number of fused-ring (bicyclic) bond motifs is 1. The zero-order chi connectivity index (χ0) is 19.6. The molecule has 1 heterocycles. The molecule has 4 nitrogen and oxygen atoms in total. The minimum atomic E-state index is -0.747. The average molecular weight is 399 g/mol. The molecule has 4 rings (SSSR count). The second-order valence-corrected chi connectivity index (χ2v) is 8.17. The summed E-state index contributed by atoms with van der Waals surface area (Å²) in [5.74, 6) is -0.212. The molecule has 2 aromatic rings. The van der Waals surface area contributed by atoms with Crippen molar-refractivity contribution in [3.8, 4) is 0 Å². The molecular weight excluding hydrogens is 372 g/mol. The largest absolute Gasteiger partial charge is 0.466 e. The Morgan fingerprint density at radius 1 is 1.07 bits per heavy atom. The van der Waals surface area contributed by atoms with Crippen molar-refractivity contribution in [2.75, 3.05) is 17.2 Å². The molecule has 0 amide bonds. The van der Waals surface area contributed by atoms with E-state index in [0.717, 1.165) is 42.6 Å². The lowest BCUT2D eigenvalue weighted by Crippen LogP contribution is -2.53. The highest BCUT2D eigenvalue weighted by atomic mass is 35.5. The number of hydrogen-bond donors (Lipinski definition) is 2. The predicted octanol–water partition coefficient (Wildman–Crippen LogP) is 5.79. The molecule has 1 fully saturated rings. The van der Waals surface area contributed by atoms with Crippen LogP contribution in [-0.2, 0) is 15.2 Å². The Hall–Kier alpha value is -2.20. The number of halogens is 1. The van der Waals surface area contributed by atoms with Gasteiger partial charge in [0.15, 0.2) is 0 Å². The number of ether oxygens (including phenoxy) is 1. The third-order valence-electron chi connectivity index (χ3n) is 6.02. The summed E-state index contributed by atoms with van der Waals surface area (Å²) in [6.45, 7) is 2.25. The summed E-state index contributed by atoms with van der Waals surface area (Å²) in [5.41, 5.74) is 2.25. The third kappa shape index (κ3) is 3.46. The quantitative estimate of drug-likeness (QED) is 0.626. The van der Waals surface area contributed by atoms with Gasteiger partial charge in [-0.3, -0.25) is 4.79 Å². The fourth-order valence-electron chi connectivity index (χ4n) is 4.77. The highest BCUT2D eigenvalue weighted by Crippen LogP contribution is 2.49. The Kier molecular flexibility index (Phi) is 5.49. The topological polar surface area (TPSA) is 50.4 Å². The first kappa shape index (κ1) is 19.1. The van der Waals surface area contributed by atoms with Crippen molar-refractivity contribution in [1.29, 1.82) is 0 Å². The first-order valence-electron chi connectivity index (χ1n) is 10.2. The number of carbonyl (C=O) groups is 1. The minimum Gasteiger partial charge on any atom is -0.466 e. The number of carbonyl (C=O) groups excluding carboxylic acids is 1. The summed E-state index contributed by atoms with van der Waals surface area (Å²) in [5, 5.41) is 8.01. The van der Waals surface area contributed by atoms with Gasteiger partial charge in [-0.1, -0.05) is 55.1 Å². The number of hydrogen-bond acceptors (Lipinski definition) is 4. The van der Waals surface area contributed by atoms with Gasteiger partial charge in [0.05, 0.1) is 18.0 Å². The van der Waals surface area contributed by atoms with Crippen LogP contribution >= 0.6 is 11.6 Å². The van der Waals surface area contributed by atoms with Gasteiger partial charge in [-0.05, 0) is 55.5 Å². The van der Waals surface area contributed by atoms with E-state index in [1.54, 1.807) is 0 Å². The summed E-state index contributed by atoms with van der Waals surface area (Å²) < 4.78 is 5.59. The normalized spacial score (nSPS) is 19.2. The summed E-state index contributed by atoms with van der Waals surface area (Å²) in [6, 6.07) is 15.9. The van der Waals surface area contributed by atoms with Crippen molar-refractivity contribution >= 4 is 28.9 Å². The van der Waals surface area contributed by atoms with E-state index >= 15 is 0 Å². The highest BCUT2D eigenvalue weighted by molar-refractivity contribution is 6.30. The molecule has 0 radical (unpaired) electrons. The van der Waals surface area contributed by atoms with Crippen LogP contribution in [0.4, 0.5) is 11.4 Å². The molecule has 2 aliphatic rings. The molecule has 5 heteroatoms. The zero-order valence-electron chi connectivity index (χ0n) is 16.2. The maximum absolute atomic E-state index is 13.3. The van der Waals surface area contributed by atoms with E-state index in [1.807, 2.05) is 55.5 Å². The molecule has 1 unspecified atom stereocenters. The van der Waals surface area contributed by atoms with Gasteiger partial charge in [0.2, 0.25) is 0 Å². The molecule has 1 atom stereocenters. The van der Waals surface area contributed by atoms with E-state index in [4.69, 9.17) is 16.3 Å². The molecule has 148 valence electrons. The van der Waals surface area contributed by atoms with Crippen molar-refractivity contribution in [2.45, 2.75) is 44.7 Å². The van der Waals surface area contributed by atoms with Gasteiger partial charge >= 0.3 is 5.97 Å². The molecule has 0 saturated heterocycles. The number of esters is 1. The van der Waals surface area contributed by atoms with Crippen molar-refractivity contribution < 1.29 is 9.53 Å². The summed E-state index contributed by atoms with van der Waals surface area (Å²) in [4.78, 5) is 13.3. The lowest BCUT2D eigenvalue weighted by Gasteiger charge is -2.42. The second kappa shape index (κ2) is 8.04. The van der Waals surface area contributed by atoms with Crippen molar-refractivity contribution in [3.05, 3.63) is 59.1 Å². The monoisotopic (exact) mass is 398 g/mol. The summed E-state index contributed by atoms with van der Waals surface area (Å²) in [7, 11) is 0. The number of nitrogens with one attached hydrogen (secondary N) is 2. The number of rotatable bonds is 5. The first-order chi connectivity index (χ1) is 13.6. The van der Waals surface area contributed by atoms with Gasteiger partial charge in [0.25, 0.3) is 0 Å². The molecule has 0 spiro atoms. The van der Waals surface area contributed by atoms with E-state index in [2.05, 4.69) is 10.6 Å². The van der Waals surface area contributed by atoms with Crippen LogP contribution in [0.3, 0.4) is 0 Å². The minimum absolute atomic E-state index is 0.142. The standard InChI is InChI=1S/C23H27ClN2O2/c1-2-28-22(27)21(16-8-4-3-5-9-16)23(17-12-14-18(24)15-13-17)25-19-10-6-7-11-20(19)26-23/h6-7,10-16,21,25-26H,2-5,8-9H2,1H3. The van der Waals surface area contributed by atoms with Gasteiger partial charge in [-0.25, -0.2) is 0 Å². The molecule has 0 aromatic heterocycles. The van der Waals surface area contributed by atoms with Crippen molar-refractivity contribution in [3.63, 3.8) is 0 Å². The molecule has 2 N–H and O–H groups in total. The Bertz CT molecular complexity index is 806. The van der Waals surface area contributed by atoms with Gasteiger partial charge < -0.3 is 15.4 Å². The smallest absolute Gasteiger partial charge is 0.313 e. The Morgan fingerprint density at radius 3 is 2.25 bits per heavy atom. The Morgan fingerprint density at radius 2 is 1.68 bits per heavy atom. The molecular formula is C23H27ClN2O2. The maximum atomic E-state index is 13.3. The molecule has 28 heavy (non-hydrogen) atoms. The predicted molar refractivity (Wildman–Crippen MR) is 114 cm³/mol. The lowest BCUT2D eigenvalue weighted by molar-refractivity contribution is -0.153. The van der Waals surface area contributed by atoms with Crippen LogP contribution in [0.2, 0.25) is 5.02 Å². The lowest BCUT2D eigenvalue weighted by atomic mass is 9.71. The first-order valence-corrected chi connectivity index (χ1v) is 10.6. The van der Waals surface area contributed by atoms with Crippen LogP contribution in [0, 0.1) is 11.8 Å². The van der Waals surface area contributed by atoms with E-state index in [9.17, 15) is 4.79 Å². The van der Waals surface area contributed by atoms with Crippen LogP contribution in [0.25, 0.3) is 0 Å². The van der Waals surface area contributed by atoms with E-state index < -0.39 is 5.66 Å². The number of para-hydroxylation sites is 2. The molecule has 1 saturated carbocycles. The van der Waals surface area contributed by atoms with E-state index in [-0.39, 0.29) is 17.8 Å². The fraction of sp³-hybridized carbons (Fsp3) is 0.435. The molecule has 1 aliphatic carbocycles. The SMILES string of the molecule is CCOC(=O)C(C1CCCCC1)C1(c2ccc(Cl)cc2)Nc2ccccc2N1. The second-order valence-electron chi connectivity index (χ2n) is 7.74. The fourth-order valence-corrected chi connectivity index (χ4v) is 4.90. The van der Waals surface area contributed by atoms with Gasteiger partial charge in [-0.15, -0.1) is 0 Å². The van der Waals surface area contributed by atoms with Gasteiger partial charge in [-0.2, -0.15) is 0 Å². The third-order valence-corrected chi connectivity index (χ3v) is 6.27. The van der Waals surface area contributed by atoms with Crippen LogP contribution in [-0.4, -0.2) is 12.6 Å². The van der Waals surface area contributed by atoms with Crippen molar-refractivity contribution in [1.82, 2.24) is 0 Å². The molecule has 1 aliphatic heterocycles. The van der Waals surface area contributed by atoms with Crippen LogP contribution < -0.4 is 10.6 Å². The van der Waals surface area contributed by atoms with Crippen LogP contribution in [0.5, 0.6) is 0 Å². The average Bonchev–Trinajstić information content (AvgIpc) is 3.09. The van der Waals surface area contributed by atoms with Crippen LogP contribution in [0.15, 0.2) is 48.5 Å². The number of benzene rings is 2.